The van der Waals surface area contributed by atoms with Gasteiger partial charge in [-0.15, -0.1) is 0 Å². The van der Waals surface area contributed by atoms with Crippen molar-refractivity contribution in [3.05, 3.63) is 138 Å². The summed E-state index contributed by atoms with van der Waals surface area (Å²) in [5.41, 5.74) is 25.3. The molecule has 135 heavy (non-hydrogen) atoms. The van der Waals surface area contributed by atoms with Crippen molar-refractivity contribution in [2.24, 2.45) is 22.9 Å². The fourth-order valence-electron chi connectivity index (χ4n) is 13.8. The smallest absolute Gasteiger partial charge is 0.303 e. The molecule has 2 heterocycles. The highest BCUT2D eigenvalue weighted by molar-refractivity contribution is 7.80. The van der Waals surface area contributed by atoms with Gasteiger partial charge in [0.05, 0.1) is 25.8 Å². The first-order valence-electron chi connectivity index (χ1n) is 42.9. The zero-order valence-electron chi connectivity index (χ0n) is 73.8. The number of aliphatic hydroxyl groups excluding tert-OH is 2. The van der Waals surface area contributed by atoms with Crippen molar-refractivity contribution in [2.75, 3.05) is 44.3 Å². The third-order valence-corrected chi connectivity index (χ3v) is 21.7. The molecule has 17 amide bonds. The topological polar surface area (TPSA) is 777 Å². The number of fused-ring (bicyclic) bond motifs is 2. The molecular formula is C86H117N23O24S2. The summed E-state index contributed by atoms with van der Waals surface area (Å²) in [6, 6.07) is 5.01. The van der Waals surface area contributed by atoms with Crippen molar-refractivity contribution in [3.63, 3.8) is 0 Å². The number of carbonyl (C=O) groups excluding carboxylic acids is 17. The molecule has 2 aromatic heterocycles. The third-order valence-electron chi connectivity index (χ3n) is 20.9. The number of aliphatic carboxylic acids is 2. The van der Waals surface area contributed by atoms with E-state index in [0.29, 0.717) is 50.5 Å². The van der Waals surface area contributed by atoms with E-state index in [0.717, 1.165) is 13.8 Å². The number of para-hydroxylation sites is 2. The molecule has 14 atom stereocenters. The molecule has 4 aromatic carbocycles. The van der Waals surface area contributed by atoms with Crippen LogP contribution in [0.2, 0.25) is 0 Å². The maximum atomic E-state index is 15.3. The van der Waals surface area contributed by atoms with Crippen molar-refractivity contribution in [1.29, 1.82) is 5.41 Å². The predicted octanol–water partition coefficient (Wildman–Crippen LogP) is -6.71. The number of aromatic amines is 2. The van der Waals surface area contributed by atoms with Gasteiger partial charge in [-0.05, 0) is 111 Å². The number of hydrogen-bond acceptors (Lipinski definition) is 26. The molecule has 0 saturated carbocycles. The summed E-state index contributed by atoms with van der Waals surface area (Å²) in [5, 5.41) is 98.9. The SMILES string of the molecule is CC(=O)NCC(=O)N[C@@H](CCC(=O)O)C(=O)N[C@@H](CCC(=O)O)C(=O)N[C@@H](CS)C(=O)N[C@@H](CO)C(=O)N[C@H](C(=O)N[C@@H](Cc1c[nH]c2ccccc12)C(=O)N[C@@H](CCC(N)=O)C(=O)N[C@@H](CS)C(=O)N[C@@H](Cc1ccc(O)cc1)C(=O)N[C@@H](Cc1c[nH]c2ccccc12)C(=O)N[C@@H](CCCNC(=N)N)C(=O)N[C@@H](CCCCN)C(=O)N[C@@H](Cc1ccccc1)C(=O)NCC(N)=O)[C@@H](C)O. The van der Waals surface area contributed by atoms with E-state index in [-0.39, 0.29) is 57.4 Å². The maximum absolute atomic E-state index is 15.3. The van der Waals surface area contributed by atoms with Crippen LogP contribution in [0.15, 0.2) is 116 Å². The first-order chi connectivity index (χ1) is 64.2. The Labute approximate surface area is 784 Å². The Balaban J connectivity index is 1.27. The Morgan fingerprint density at radius 1 is 0.393 bits per heavy atom. The number of H-pyrrole nitrogens is 2. The number of rotatable bonds is 59. The molecule has 32 N–H and O–H groups in total. The quantitative estimate of drug-likeness (QED) is 0.00730. The van der Waals surface area contributed by atoms with Crippen molar-refractivity contribution in [1.82, 2.24) is 95.0 Å². The third kappa shape index (κ3) is 37.3. The predicted molar refractivity (Wildman–Crippen MR) is 493 cm³/mol. The van der Waals surface area contributed by atoms with E-state index in [2.05, 4.69) is 120 Å². The molecule has 6 aromatic rings. The van der Waals surface area contributed by atoms with Gasteiger partial charge in [0.1, 0.15) is 84.3 Å². The number of carbonyl (C=O) groups is 19. The number of carboxylic acid groups (broad SMARTS) is 2. The second-order valence-corrected chi connectivity index (χ2v) is 32.2. The van der Waals surface area contributed by atoms with Gasteiger partial charge in [-0.1, -0.05) is 78.9 Å². The van der Waals surface area contributed by atoms with Crippen LogP contribution in [-0.2, 0) is 117 Å². The van der Waals surface area contributed by atoms with Crippen LogP contribution >= 0.6 is 25.3 Å². The number of phenols is 1. The summed E-state index contributed by atoms with van der Waals surface area (Å²) in [5.74, 6) is -22.7. The van der Waals surface area contributed by atoms with Crippen LogP contribution in [0.1, 0.15) is 107 Å². The lowest BCUT2D eigenvalue weighted by Crippen LogP contribution is -2.63. The van der Waals surface area contributed by atoms with E-state index < -0.39 is 286 Å². The van der Waals surface area contributed by atoms with Gasteiger partial charge in [-0.25, -0.2) is 0 Å². The van der Waals surface area contributed by atoms with E-state index in [1.54, 1.807) is 85.1 Å². The summed E-state index contributed by atoms with van der Waals surface area (Å²) in [4.78, 5) is 266. The van der Waals surface area contributed by atoms with Gasteiger partial charge in [-0.2, -0.15) is 25.3 Å². The molecule has 0 saturated heterocycles. The molecule has 0 unspecified atom stereocenters. The first-order valence-corrected chi connectivity index (χ1v) is 44.1. The minimum Gasteiger partial charge on any atom is -0.508 e. The van der Waals surface area contributed by atoms with Crippen LogP contribution in [0.25, 0.3) is 21.8 Å². The standard InChI is InChI=1S/C86H117N23O24S2/c1-44(111)72(109-82(130)64(41-110)106-84(132)66(43-135)108-78(126)59(27-30-71(119)120)100-76(124)57(26-29-70(117)118)97-69(116)40-93-45(2)112)85(133)105-63(36-49-38-95-54-18-9-7-16-52(49)54)81(129)101-58(25-28-67(88)114)77(125)107-65(42-134)83(131)103-61(34-47-21-23-50(113)24-22-47)79(127)104-62(35-48-37-94-53-17-8-6-15-51(48)53)80(128)99-56(20-12-32-92-86(90)91)74(122)98-55(19-10-11-31-87)75(123)102-60(73(121)96-39-68(89)115)33-46-13-4-3-5-14-46/h3-9,13-18,21-24,37-38,44,55-66,72,94-95,110-111,113,134-135H,10-12,19-20,25-36,39-43,87H2,1-2H3,(H2,88,114)(H2,89,115)(H,93,112)(H,96,121)(H,97,116)(H,98,122)(H,99,128)(H,100,124)(H,101,129)(H,102,123)(H,103,131)(H,104,127)(H,105,133)(H,106,132)(H,107,125)(H,108,126)(H,109,130)(H,117,118)(H,119,120)(H4,90,91,92)/t44-,55+,56+,57+,58+,59+,60+,61+,62+,63+,64+,65+,66+,72+/m1/s1. The van der Waals surface area contributed by atoms with Gasteiger partial charge in [0.25, 0.3) is 0 Å². The lowest BCUT2D eigenvalue weighted by molar-refractivity contribution is -0.140. The normalized spacial score (nSPS) is 14.2. The van der Waals surface area contributed by atoms with Crippen LogP contribution in [0.5, 0.6) is 5.75 Å². The Hall–Kier alpha value is -14.5. The van der Waals surface area contributed by atoms with Crippen LogP contribution in [0.3, 0.4) is 0 Å². The average Bonchev–Trinajstić information content (AvgIpc) is 1.70. The van der Waals surface area contributed by atoms with Gasteiger partial charge in [0.2, 0.25) is 100 Å². The van der Waals surface area contributed by atoms with E-state index in [1.165, 1.54) is 30.5 Å². The number of hydrogen-bond donors (Lipinski definition) is 30. The Kier molecular flexibility index (Phi) is 45.2. The summed E-state index contributed by atoms with van der Waals surface area (Å²) >= 11 is 8.49. The minimum atomic E-state index is -2.09. The number of aliphatic hydroxyl groups is 2. The molecule has 0 radical (unpaired) electrons. The minimum absolute atomic E-state index is 0.00925. The number of primary amides is 2. The van der Waals surface area contributed by atoms with Crippen molar-refractivity contribution >= 4 is 165 Å². The maximum Gasteiger partial charge on any atom is 0.303 e. The fraction of sp³-hybridized carbons (Fsp3) is 0.442. The number of carboxylic acids is 2. The highest BCUT2D eigenvalue weighted by Crippen LogP contribution is 2.23. The number of thiol groups is 2. The zero-order valence-corrected chi connectivity index (χ0v) is 75.6. The second kappa shape index (κ2) is 55.8. The molecule has 0 aliphatic heterocycles. The van der Waals surface area contributed by atoms with E-state index in [1.807, 2.05) is 0 Å². The van der Waals surface area contributed by atoms with Crippen LogP contribution in [0.4, 0.5) is 0 Å². The molecular weight excluding hydrogens is 1800 g/mol. The van der Waals surface area contributed by atoms with E-state index >= 15 is 14.4 Å². The fourth-order valence-corrected chi connectivity index (χ4v) is 14.3. The first kappa shape index (κ1) is 109. The Morgan fingerprint density at radius 2 is 0.763 bits per heavy atom. The second-order valence-electron chi connectivity index (χ2n) is 31.5. The molecule has 6 rings (SSSR count). The number of amides is 17. The molecule has 49 heteroatoms. The van der Waals surface area contributed by atoms with Crippen molar-refractivity contribution in [3.8, 4) is 5.75 Å². The molecule has 0 spiro atoms. The summed E-state index contributed by atoms with van der Waals surface area (Å²) in [6.07, 6.45) is -3.59. The van der Waals surface area contributed by atoms with Gasteiger partial charge < -0.3 is 144 Å². The highest BCUT2D eigenvalue weighted by atomic mass is 32.1. The molecule has 47 nitrogen and oxygen atoms in total. The number of guanidine groups is 1. The largest absolute Gasteiger partial charge is 0.508 e. The monoisotopic (exact) mass is 1920 g/mol. The van der Waals surface area contributed by atoms with Gasteiger partial charge in [0.15, 0.2) is 5.96 Å². The zero-order chi connectivity index (χ0) is 99.5. The van der Waals surface area contributed by atoms with Crippen LogP contribution in [0, 0.1) is 5.41 Å². The van der Waals surface area contributed by atoms with Crippen LogP contribution < -0.4 is 108 Å². The number of aromatic nitrogens is 2. The number of unbranched alkanes of at least 4 members (excludes halogenated alkanes) is 1. The lowest BCUT2D eigenvalue weighted by atomic mass is 10.0. The van der Waals surface area contributed by atoms with Gasteiger partial charge >= 0.3 is 11.9 Å². The van der Waals surface area contributed by atoms with Crippen molar-refractivity contribution in [2.45, 2.75) is 195 Å². The molecule has 0 aliphatic carbocycles. The molecule has 0 aliphatic rings. The molecule has 732 valence electrons. The van der Waals surface area contributed by atoms with E-state index in [4.69, 9.17) is 28.3 Å². The van der Waals surface area contributed by atoms with Crippen LogP contribution in [-0.4, -0.2) is 283 Å². The number of nitrogens with two attached hydrogens (primary N) is 4. The lowest BCUT2D eigenvalue weighted by Gasteiger charge is -2.29. The summed E-state index contributed by atoms with van der Waals surface area (Å²) < 4.78 is 0. The summed E-state index contributed by atoms with van der Waals surface area (Å²) in [6.45, 7) is -0.187. The number of phenolic OH excluding ortho intramolecular Hbond substituents is 1. The molecule has 0 bridgehead atoms. The summed E-state index contributed by atoms with van der Waals surface area (Å²) in [7, 11) is 0. The number of nitrogens with one attached hydrogen (secondary N) is 19. The Bertz CT molecular complexity index is 5160. The van der Waals surface area contributed by atoms with E-state index in [9.17, 15) is 102 Å². The Morgan fingerprint density at radius 3 is 1.19 bits per heavy atom. The molecule has 0 fully saturated rings. The number of aromatic hydroxyl groups is 1. The average molecular weight is 1920 g/mol. The number of benzene rings is 4. The van der Waals surface area contributed by atoms with Gasteiger partial charge in [0, 0.05) is 104 Å². The highest BCUT2D eigenvalue weighted by Gasteiger charge is 2.40. The van der Waals surface area contributed by atoms with Gasteiger partial charge in [-0.3, -0.25) is 96.5 Å². The van der Waals surface area contributed by atoms with Crippen molar-refractivity contribution < 1.29 is 117 Å².